The van der Waals surface area contributed by atoms with Crippen molar-refractivity contribution in [3.8, 4) is 11.5 Å². The maximum absolute atomic E-state index is 13.2. The SMILES string of the molecule is Cc1cc(O)c(CN2CCN(c3ccccn3)CC2)c2c1C(=O)/C(=C/c1ccccc1Br)O2. The number of benzene rings is 2. The molecule has 1 saturated heterocycles. The van der Waals surface area contributed by atoms with Crippen molar-refractivity contribution >= 4 is 33.6 Å². The highest BCUT2D eigenvalue weighted by Crippen LogP contribution is 2.42. The molecule has 2 aromatic carbocycles. The largest absolute Gasteiger partial charge is 0.507 e. The number of phenolic OH excluding ortho intramolecular Hbond substituents is 1. The van der Waals surface area contributed by atoms with Gasteiger partial charge in [-0.25, -0.2) is 4.98 Å². The minimum atomic E-state index is -0.153. The molecule has 33 heavy (non-hydrogen) atoms. The van der Waals surface area contributed by atoms with Gasteiger partial charge in [0.2, 0.25) is 5.78 Å². The molecule has 0 aliphatic carbocycles. The summed E-state index contributed by atoms with van der Waals surface area (Å²) in [6.45, 7) is 5.69. The summed E-state index contributed by atoms with van der Waals surface area (Å²) in [5, 5.41) is 10.8. The first-order chi connectivity index (χ1) is 16.0. The van der Waals surface area contributed by atoms with E-state index in [1.54, 1.807) is 12.1 Å². The zero-order chi connectivity index (χ0) is 22.9. The lowest BCUT2D eigenvalue weighted by Gasteiger charge is -2.35. The molecule has 1 N–H and O–H groups in total. The molecule has 2 aliphatic rings. The van der Waals surface area contributed by atoms with Crippen molar-refractivity contribution in [2.45, 2.75) is 13.5 Å². The summed E-state index contributed by atoms with van der Waals surface area (Å²) >= 11 is 3.52. The van der Waals surface area contributed by atoms with E-state index in [-0.39, 0.29) is 17.3 Å². The van der Waals surface area contributed by atoms with Crippen LogP contribution in [0.2, 0.25) is 0 Å². The summed E-state index contributed by atoms with van der Waals surface area (Å²) in [4.78, 5) is 22.1. The van der Waals surface area contributed by atoms with Crippen molar-refractivity contribution in [2.75, 3.05) is 31.1 Å². The monoisotopic (exact) mass is 505 g/mol. The number of halogens is 1. The molecule has 6 nitrogen and oxygen atoms in total. The Labute approximate surface area is 201 Å². The van der Waals surface area contributed by atoms with Gasteiger partial charge in [0.25, 0.3) is 0 Å². The van der Waals surface area contributed by atoms with E-state index in [0.29, 0.717) is 29.0 Å². The number of aryl methyl sites for hydroxylation is 1. The number of carbonyl (C=O) groups excluding carboxylic acids is 1. The Kier molecular flexibility index (Phi) is 5.91. The van der Waals surface area contributed by atoms with E-state index in [4.69, 9.17) is 4.74 Å². The summed E-state index contributed by atoms with van der Waals surface area (Å²) < 4.78 is 6.97. The lowest BCUT2D eigenvalue weighted by atomic mass is 9.99. The maximum atomic E-state index is 13.2. The summed E-state index contributed by atoms with van der Waals surface area (Å²) in [6.07, 6.45) is 3.56. The number of piperazine rings is 1. The van der Waals surface area contributed by atoms with Gasteiger partial charge in [-0.05, 0) is 48.4 Å². The zero-order valence-corrected chi connectivity index (χ0v) is 19.9. The number of hydrogen-bond donors (Lipinski definition) is 1. The van der Waals surface area contributed by atoms with Crippen LogP contribution >= 0.6 is 15.9 Å². The van der Waals surface area contributed by atoms with Gasteiger partial charge in [0.05, 0.1) is 11.1 Å². The van der Waals surface area contributed by atoms with Gasteiger partial charge >= 0.3 is 0 Å². The molecule has 0 radical (unpaired) electrons. The van der Waals surface area contributed by atoms with Crippen molar-refractivity contribution in [3.63, 3.8) is 0 Å². The van der Waals surface area contributed by atoms with Gasteiger partial charge in [-0.3, -0.25) is 9.69 Å². The number of phenols is 1. The van der Waals surface area contributed by atoms with E-state index in [1.807, 2.05) is 55.6 Å². The Morgan fingerprint density at radius 2 is 1.88 bits per heavy atom. The lowest BCUT2D eigenvalue weighted by Crippen LogP contribution is -2.46. The summed E-state index contributed by atoms with van der Waals surface area (Å²) in [7, 11) is 0. The third-order valence-corrected chi connectivity index (χ3v) is 6.86. The van der Waals surface area contributed by atoms with Crippen molar-refractivity contribution in [1.82, 2.24) is 9.88 Å². The first-order valence-corrected chi connectivity index (χ1v) is 11.7. The average Bonchev–Trinajstić information content (AvgIpc) is 3.15. The van der Waals surface area contributed by atoms with Gasteiger partial charge in [0, 0.05) is 43.4 Å². The van der Waals surface area contributed by atoms with Crippen LogP contribution in [0.25, 0.3) is 6.08 Å². The van der Waals surface area contributed by atoms with Crippen LogP contribution in [0.4, 0.5) is 5.82 Å². The van der Waals surface area contributed by atoms with Gasteiger partial charge in [-0.2, -0.15) is 0 Å². The first-order valence-electron chi connectivity index (χ1n) is 10.9. The van der Waals surface area contributed by atoms with E-state index < -0.39 is 0 Å². The summed E-state index contributed by atoms with van der Waals surface area (Å²) in [5.74, 6) is 1.73. The molecule has 3 heterocycles. The number of nitrogens with zero attached hydrogens (tertiary/aromatic N) is 3. The van der Waals surface area contributed by atoms with Crippen LogP contribution in [0, 0.1) is 6.92 Å². The number of carbonyl (C=O) groups is 1. The minimum absolute atomic E-state index is 0.153. The Morgan fingerprint density at radius 3 is 2.61 bits per heavy atom. The number of allylic oxidation sites excluding steroid dienone is 1. The Balaban J connectivity index is 1.38. The molecular weight excluding hydrogens is 482 g/mol. The van der Waals surface area contributed by atoms with Gasteiger partial charge in [-0.1, -0.05) is 40.2 Å². The number of hydrogen-bond acceptors (Lipinski definition) is 6. The predicted octanol–water partition coefficient (Wildman–Crippen LogP) is 4.80. The van der Waals surface area contributed by atoms with E-state index in [2.05, 4.69) is 30.7 Å². The fourth-order valence-electron chi connectivity index (χ4n) is 4.37. The molecule has 0 amide bonds. The smallest absolute Gasteiger partial charge is 0.232 e. The van der Waals surface area contributed by atoms with E-state index >= 15 is 0 Å². The van der Waals surface area contributed by atoms with Crippen molar-refractivity contribution in [3.05, 3.63) is 87.2 Å². The number of aromatic hydroxyl groups is 1. The predicted molar refractivity (Wildman–Crippen MR) is 132 cm³/mol. The molecule has 0 atom stereocenters. The summed E-state index contributed by atoms with van der Waals surface area (Å²) in [5.41, 5.74) is 2.77. The fraction of sp³-hybridized carbons (Fsp3) is 0.231. The molecule has 1 aromatic heterocycles. The maximum Gasteiger partial charge on any atom is 0.232 e. The number of ether oxygens (including phenoxy) is 1. The van der Waals surface area contributed by atoms with Crippen LogP contribution in [-0.4, -0.2) is 47.0 Å². The second-order valence-electron chi connectivity index (χ2n) is 8.31. The lowest BCUT2D eigenvalue weighted by molar-refractivity contribution is 0.101. The quantitative estimate of drug-likeness (QED) is 0.514. The van der Waals surface area contributed by atoms with E-state index in [1.165, 1.54) is 0 Å². The van der Waals surface area contributed by atoms with Gasteiger partial charge in [0.15, 0.2) is 5.76 Å². The molecular formula is C26H24BrN3O3. The van der Waals surface area contributed by atoms with Crippen molar-refractivity contribution in [2.24, 2.45) is 0 Å². The van der Waals surface area contributed by atoms with Gasteiger partial charge < -0.3 is 14.7 Å². The molecule has 2 aliphatic heterocycles. The number of anilines is 1. The van der Waals surface area contributed by atoms with Gasteiger partial charge in [-0.15, -0.1) is 0 Å². The molecule has 3 aromatic rings. The highest BCUT2D eigenvalue weighted by Gasteiger charge is 2.34. The number of ketones is 1. The molecule has 0 spiro atoms. The molecule has 1 fully saturated rings. The second-order valence-corrected chi connectivity index (χ2v) is 9.16. The topological polar surface area (TPSA) is 65.9 Å². The van der Waals surface area contributed by atoms with Crippen LogP contribution in [-0.2, 0) is 6.54 Å². The van der Waals surface area contributed by atoms with E-state index in [0.717, 1.165) is 42.0 Å². The highest BCUT2D eigenvalue weighted by atomic mass is 79.9. The Bertz CT molecular complexity index is 1240. The molecule has 0 bridgehead atoms. The zero-order valence-electron chi connectivity index (χ0n) is 18.3. The average molecular weight is 506 g/mol. The summed E-state index contributed by atoms with van der Waals surface area (Å²) in [6, 6.07) is 15.3. The first kappa shape index (κ1) is 21.7. The second kappa shape index (κ2) is 9.00. The van der Waals surface area contributed by atoms with Crippen molar-refractivity contribution < 1.29 is 14.6 Å². The third kappa shape index (κ3) is 4.26. The van der Waals surface area contributed by atoms with Gasteiger partial charge in [0.1, 0.15) is 17.3 Å². The van der Waals surface area contributed by atoms with E-state index in [9.17, 15) is 9.90 Å². The Morgan fingerprint density at radius 1 is 1.12 bits per heavy atom. The number of rotatable bonds is 4. The number of pyridine rings is 1. The normalized spacial score (nSPS) is 17.3. The standard InChI is InChI=1S/C26H24BrN3O3/c1-17-14-21(31)19(16-29-10-12-30(13-11-29)23-8-4-5-9-28-23)26-24(17)25(32)22(33-26)15-18-6-2-3-7-20(18)27/h2-9,14-15,31H,10-13,16H2,1H3/b22-15-. The number of aromatic nitrogens is 1. The van der Waals surface area contributed by atoms with Crippen LogP contribution in [0.5, 0.6) is 11.5 Å². The molecule has 5 rings (SSSR count). The molecule has 0 saturated carbocycles. The number of fused-ring (bicyclic) bond motifs is 1. The fourth-order valence-corrected chi connectivity index (χ4v) is 4.76. The van der Waals surface area contributed by atoms with Crippen LogP contribution in [0.1, 0.15) is 27.0 Å². The van der Waals surface area contributed by atoms with Crippen LogP contribution in [0.3, 0.4) is 0 Å². The van der Waals surface area contributed by atoms with Crippen LogP contribution < -0.4 is 9.64 Å². The van der Waals surface area contributed by atoms with Crippen molar-refractivity contribution in [1.29, 1.82) is 0 Å². The highest BCUT2D eigenvalue weighted by molar-refractivity contribution is 9.10. The molecule has 168 valence electrons. The third-order valence-electron chi connectivity index (χ3n) is 6.14. The van der Waals surface area contributed by atoms with Crippen LogP contribution in [0.15, 0.2) is 65.0 Å². The molecule has 7 heteroatoms. The minimum Gasteiger partial charge on any atom is -0.507 e. The Hall–Kier alpha value is -3.16. The number of Topliss-reactive ketones (excluding diaryl/α,β-unsaturated/α-hetero) is 1. The molecule has 0 unspecified atom stereocenters.